The minimum absolute atomic E-state index is 0.0964. The number of fused-ring (bicyclic) bond motifs is 1. The number of aromatic amines is 1. The van der Waals surface area contributed by atoms with Gasteiger partial charge in [0.25, 0.3) is 5.91 Å². The van der Waals surface area contributed by atoms with Crippen LogP contribution in [0.3, 0.4) is 0 Å². The largest absolute Gasteiger partial charge is 0.345 e. The van der Waals surface area contributed by atoms with E-state index in [9.17, 15) is 13.2 Å². The van der Waals surface area contributed by atoms with Gasteiger partial charge in [0.05, 0.1) is 22.3 Å². The van der Waals surface area contributed by atoms with E-state index in [1.165, 1.54) is 4.31 Å². The summed E-state index contributed by atoms with van der Waals surface area (Å²) < 4.78 is 27.2. The average Bonchev–Trinajstić information content (AvgIpc) is 3.21. The van der Waals surface area contributed by atoms with Gasteiger partial charge in [-0.1, -0.05) is 19.1 Å². The minimum Gasteiger partial charge on any atom is -0.345 e. The highest BCUT2D eigenvalue weighted by molar-refractivity contribution is 7.89. The predicted molar refractivity (Wildman–Crippen MR) is 107 cm³/mol. The normalized spacial score (nSPS) is 15.8. The number of amides is 1. The molecule has 0 unspecified atom stereocenters. The Hall–Kier alpha value is -2.71. The Morgan fingerprint density at radius 2 is 1.79 bits per heavy atom. The second kappa shape index (κ2) is 7.37. The Morgan fingerprint density at radius 1 is 1.07 bits per heavy atom. The van der Waals surface area contributed by atoms with Crippen LogP contribution >= 0.6 is 0 Å². The number of hydrogen-bond acceptors (Lipinski definition) is 4. The third-order valence-electron chi connectivity index (χ3n) is 5.16. The van der Waals surface area contributed by atoms with E-state index in [-0.39, 0.29) is 19.0 Å². The summed E-state index contributed by atoms with van der Waals surface area (Å²) in [5.74, 6) is -0.0964. The van der Waals surface area contributed by atoms with Crippen LogP contribution in [0, 0.1) is 0 Å². The number of H-pyrrole nitrogens is 1. The first kappa shape index (κ1) is 18.6. The first-order valence-electron chi connectivity index (χ1n) is 9.30. The molecule has 0 spiro atoms. The molecule has 1 N–H and O–H groups in total. The van der Waals surface area contributed by atoms with E-state index in [1.54, 1.807) is 41.6 Å². The van der Waals surface area contributed by atoms with E-state index in [2.05, 4.69) is 9.97 Å². The van der Waals surface area contributed by atoms with Gasteiger partial charge in [-0.25, -0.2) is 13.4 Å². The molecule has 7 nitrogen and oxygen atoms in total. The van der Waals surface area contributed by atoms with Crippen molar-refractivity contribution in [2.45, 2.75) is 18.2 Å². The Bertz CT molecular complexity index is 1100. The maximum atomic E-state index is 12.9. The number of hydrogen-bond donors (Lipinski definition) is 1. The molecule has 1 aromatic heterocycles. The molecule has 146 valence electrons. The molecule has 1 fully saturated rings. The number of rotatable bonds is 4. The number of sulfonamides is 1. The lowest BCUT2D eigenvalue weighted by atomic mass is 10.1. The van der Waals surface area contributed by atoms with Gasteiger partial charge in [0.2, 0.25) is 10.0 Å². The highest BCUT2D eigenvalue weighted by Crippen LogP contribution is 2.20. The molecule has 3 aromatic rings. The molecular weight excluding hydrogens is 376 g/mol. The molecule has 0 atom stereocenters. The lowest BCUT2D eigenvalue weighted by Gasteiger charge is -2.34. The number of nitrogens with zero attached hydrogens (tertiary/aromatic N) is 3. The van der Waals surface area contributed by atoms with Crippen molar-refractivity contribution in [3.63, 3.8) is 0 Å². The summed E-state index contributed by atoms with van der Waals surface area (Å²) >= 11 is 0. The van der Waals surface area contributed by atoms with Crippen LogP contribution in [0.15, 0.2) is 53.7 Å². The van der Waals surface area contributed by atoms with Crippen molar-refractivity contribution < 1.29 is 13.2 Å². The van der Waals surface area contributed by atoms with E-state index in [0.29, 0.717) is 23.5 Å². The van der Waals surface area contributed by atoms with E-state index in [1.807, 2.05) is 19.1 Å². The Balaban J connectivity index is 1.45. The van der Waals surface area contributed by atoms with Crippen molar-refractivity contribution in [1.82, 2.24) is 19.2 Å². The summed E-state index contributed by atoms with van der Waals surface area (Å²) in [4.78, 5) is 21.9. The van der Waals surface area contributed by atoms with Crippen LogP contribution in [0.4, 0.5) is 0 Å². The molecule has 28 heavy (non-hydrogen) atoms. The molecule has 0 bridgehead atoms. The quantitative estimate of drug-likeness (QED) is 0.730. The lowest BCUT2D eigenvalue weighted by Crippen LogP contribution is -2.50. The summed E-state index contributed by atoms with van der Waals surface area (Å²) in [6, 6.07) is 12.3. The van der Waals surface area contributed by atoms with Crippen molar-refractivity contribution in [1.29, 1.82) is 0 Å². The topological polar surface area (TPSA) is 86.4 Å². The van der Waals surface area contributed by atoms with Crippen LogP contribution in [0.25, 0.3) is 11.0 Å². The number of aromatic nitrogens is 2. The fourth-order valence-electron chi connectivity index (χ4n) is 3.43. The van der Waals surface area contributed by atoms with Crippen molar-refractivity contribution in [3.05, 3.63) is 59.9 Å². The monoisotopic (exact) mass is 398 g/mol. The van der Waals surface area contributed by atoms with Crippen LogP contribution < -0.4 is 0 Å². The van der Waals surface area contributed by atoms with E-state index >= 15 is 0 Å². The zero-order valence-corrected chi connectivity index (χ0v) is 16.4. The average molecular weight is 398 g/mol. The zero-order valence-electron chi connectivity index (χ0n) is 15.6. The smallest absolute Gasteiger partial charge is 0.254 e. The van der Waals surface area contributed by atoms with E-state index in [4.69, 9.17) is 0 Å². The molecule has 2 aromatic carbocycles. The third kappa shape index (κ3) is 3.41. The standard InChI is InChI=1S/C20H22N4O3S/c1-2-15-3-6-17(7-4-15)28(26,27)24-11-9-23(10-12-24)20(25)16-5-8-18-19(13-16)22-14-21-18/h3-8,13-14H,2,9-12H2,1H3,(H,21,22). The van der Waals surface area contributed by atoms with Crippen molar-refractivity contribution in [3.8, 4) is 0 Å². The molecular formula is C20H22N4O3S. The Labute approximate surface area is 164 Å². The third-order valence-corrected chi connectivity index (χ3v) is 7.08. The van der Waals surface area contributed by atoms with Gasteiger partial charge in [0, 0.05) is 31.7 Å². The number of imidazole rings is 1. The highest BCUT2D eigenvalue weighted by Gasteiger charge is 2.30. The van der Waals surface area contributed by atoms with E-state index in [0.717, 1.165) is 23.0 Å². The van der Waals surface area contributed by atoms with Gasteiger partial charge in [-0.2, -0.15) is 4.31 Å². The summed E-state index contributed by atoms with van der Waals surface area (Å²) in [5.41, 5.74) is 3.29. The highest BCUT2D eigenvalue weighted by atomic mass is 32.2. The van der Waals surface area contributed by atoms with Gasteiger partial charge in [-0.15, -0.1) is 0 Å². The number of piperazine rings is 1. The molecule has 0 radical (unpaired) electrons. The molecule has 0 aliphatic carbocycles. The van der Waals surface area contributed by atoms with Crippen LogP contribution in [0.1, 0.15) is 22.8 Å². The summed E-state index contributed by atoms with van der Waals surface area (Å²) in [6.07, 6.45) is 2.46. The number of aryl methyl sites for hydroxylation is 1. The van der Waals surface area contributed by atoms with Crippen molar-refractivity contribution >= 4 is 27.0 Å². The van der Waals surface area contributed by atoms with Crippen LogP contribution in [0.5, 0.6) is 0 Å². The number of nitrogens with one attached hydrogen (secondary N) is 1. The number of benzene rings is 2. The molecule has 1 amide bonds. The van der Waals surface area contributed by atoms with Crippen molar-refractivity contribution in [2.24, 2.45) is 0 Å². The molecule has 1 aliphatic heterocycles. The summed E-state index contributed by atoms with van der Waals surface area (Å²) in [7, 11) is -3.54. The second-order valence-corrected chi connectivity index (χ2v) is 8.77. The van der Waals surface area contributed by atoms with Crippen LogP contribution in [0.2, 0.25) is 0 Å². The SMILES string of the molecule is CCc1ccc(S(=O)(=O)N2CCN(C(=O)c3ccc4nc[nH]c4c3)CC2)cc1. The van der Waals surface area contributed by atoms with Crippen LogP contribution in [-0.2, 0) is 16.4 Å². The van der Waals surface area contributed by atoms with Gasteiger partial charge in [-0.05, 0) is 42.3 Å². The first-order valence-corrected chi connectivity index (χ1v) is 10.7. The maximum absolute atomic E-state index is 12.9. The fourth-order valence-corrected chi connectivity index (χ4v) is 4.85. The van der Waals surface area contributed by atoms with Gasteiger partial charge < -0.3 is 9.88 Å². The molecule has 8 heteroatoms. The molecule has 0 saturated carbocycles. The fraction of sp³-hybridized carbons (Fsp3) is 0.300. The van der Waals surface area contributed by atoms with Gasteiger partial charge in [0.15, 0.2) is 0 Å². The van der Waals surface area contributed by atoms with Gasteiger partial charge in [0.1, 0.15) is 0 Å². The molecule has 2 heterocycles. The summed E-state index contributed by atoms with van der Waals surface area (Å²) in [5, 5.41) is 0. The van der Waals surface area contributed by atoms with Gasteiger partial charge in [-0.3, -0.25) is 4.79 Å². The second-order valence-electron chi connectivity index (χ2n) is 6.83. The maximum Gasteiger partial charge on any atom is 0.254 e. The Morgan fingerprint density at radius 3 is 2.46 bits per heavy atom. The molecule has 4 rings (SSSR count). The predicted octanol–water partition coefficient (Wildman–Crippen LogP) is 2.27. The number of carbonyl (C=O) groups is 1. The van der Waals surface area contributed by atoms with E-state index < -0.39 is 10.0 Å². The zero-order chi connectivity index (χ0) is 19.7. The lowest BCUT2D eigenvalue weighted by molar-refractivity contribution is 0.0698. The van der Waals surface area contributed by atoms with Crippen LogP contribution in [-0.4, -0.2) is 59.7 Å². The first-order chi connectivity index (χ1) is 13.5. The molecule has 1 aliphatic rings. The Kier molecular flexibility index (Phi) is 4.91. The van der Waals surface area contributed by atoms with Crippen molar-refractivity contribution in [2.75, 3.05) is 26.2 Å². The minimum atomic E-state index is -3.54. The van der Waals surface area contributed by atoms with Gasteiger partial charge >= 0.3 is 0 Å². The summed E-state index contributed by atoms with van der Waals surface area (Å²) in [6.45, 7) is 3.34. The molecule has 1 saturated heterocycles. The number of carbonyl (C=O) groups excluding carboxylic acids is 1.